The Labute approximate surface area is 255 Å². The number of aliphatic hydroxyl groups excluding tert-OH is 2. The lowest BCUT2D eigenvalue weighted by atomic mass is 9.88. The lowest BCUT2D eigenvalue weighted by molar-refractivity contribution is -0.143. The second-order valence-corrected chi connectivity index (χ2v) is 17.1. The van der Waals surface area contributed by atoms with Crippen LogP contribution in [0.25, 0.3) is 0 Å². The van der Waals surface area contributed by atoms with Gasteiger partial charge in [0.05, 0.1) is 24.9 Å². The van der Waals surface area contributed by atoms with Gasteiger partial charge < -0.3 is 19.4 Å². The van der Waals surface area contributed by atoms with Crippen molar-refractivity contribution in [2.45, 2.75) is 116 Å². The minimum atomic E-state index is -2.83. The number of carbonyl (C=O) groups excluding carboxylic acids is 1. The zero-order chi connectivity index (χ0) is 30.6. The third-order valence-electron chi connectivity index (χ3n) is 8.77. The van der Waals surface area contributed by atoms with E-state index >= 15 is 0 Å². The first-order valence-electron chi connectivity index (χ1n) is 16.1. The summed E-state index contributed by atoms with van der Waals surface area (Å²) in [4.78, 5) is 11.9. The first-order chi connectivity index (χ1) is 20.1. The molecule has 42 heavy (non-hydrogen) atoms. The van der Waals surface area contributed by atoms with Gasteiger partial charge in [-0.15, -0.1) is 0 Å². The van der Waals surface area contributed by atoms with Gasteiger partial charge in [-0.3, -0.25) is 4.79 Å². The van der Waals surface area contributed by atoms with E-state index in [0.717, 1.165) is 44.9 Å². The Morgan fingerprint density at radius 1 is 0.976 bits per heavy atom. The number of carbonyl (C=O) groups is 1. The molecule has 0 spiro atoms. The second-order valence-electron chi connectivity index (χ2n) is 12.9. The highest BCUT2D eigenvalue weighted by Crippen LogP contribution is 2.44. The van der Waals surface area contributed by atoms with Crippen LogP contribution in [0.2, 0.25) is 5.04 Å². The Bertz CT molecular complexity index is 1040. The maximum Gasteiger partial charge on any atom is 0.305 e. The molecule has 1 aliphatic carbocycles. The Morgan fingerprint density at radius 3 is 2.14 bits per heavy atom. The van der Waals surface area contributed by atoms with E-state index in [0.29, 0.717) is 19.4 Å². The van der Waals surface area contributed by atoms with Crippen molar-refractivity contribution < 1.29 is 24.2 Å². The maximum absolute atomic E-state index is 11.9. The van der Waals surface area contributed by atoms with Gasteiger partial charge in [-0.2, -0.15) is 0 Å². The number of aliphatic hydroxyl groups is 2. The highest BCUT2D eigenvalue weighted by Gasteiger charge is 2.54. The quantitative estimate of drug-likeness (QED) is 0.0998. The number of hydrogen-bond acceptors (Lipinski definition) is 5. The first-order valence-corrected chi connectivity index (χ1v) is 18.0. The third kappa shape index (κ3) is 8.88. The summed E-state index contributed by atoms with van der Waals surface area (Å²) >= 11 is 0. The molecule has 6 heteroatoms. The van der Waals surface area contributed by atoms with E-state index in [1.165, 1.54) is 10.4 Å². The van der Waals surface area contributed by atoms with Gasteiger partial charge in [0.25, 0.3) is 8.32 Å². The normalized spacial score (nSPS) is 22.0. The van der Waals surface area contributed by atoms with Crippen molar-refractivity contribution in [3.8, 4) is 0 Å². The molecule has 0 aliphatic heterocycles. The van der Waals surface area contributed by atoms with E-state index in [4.69, 9.17) is 9.16 Å². The summed E-state index contributed by atoms with van der Waals surface area (Å²) in [6.07, 6.45) is 10.1. The first kappa shape index (κ1) is 34.2. The molecule has 0 radical (unpaired) electrons. The lowest BCUT2D eigenvalue weighted by Gasteiger charge is -2.45. The van der Waals surface area contributed by atoms with Crippen molar-refractivity contribution in [2.75, 3.05) is 6.61 Å². The van der Waals surface area contributed by atoms with Crippen LogP contribution in [-0.2, 0) is 14.0 Å². The van der Waals surface area contributed by atoms with E-state index in [2.05, 4.69) is 82.3 Å². The molecule has 0 heterocycles. The summed E-state index contributed by atoms with van der Waals surface area (Å²) in [5.41, 5.74) is 0. The van der Waals surface area contributed by atoms with E-state index in [-0.39, 0.29) is 28.9 Å². The van der Waals surface area contributed by atoms with E-state index in [1.807, 2.05) is 25.1 Å². The summed E-state index contributed by atoms with van der Waals surface area (Å²) in [6, 6.07) is 21.3. The summed E-state index contributed by atoms with van der Waals surface area (Å²) in [7, 11) is -2.83. The largest absolute Gasteiger partial charge is 0.466 e. The number of unbranched alkanes of at least 4 members (excludes halogenated alkanes) is 3. The molecule has 3 rings (SSSR count). The fourth-order valence-electron chi connectivity index (χ4n) is 6.64. The highest BCUT2D eigenvalue weighted by atomic mass is 28.4. The molecule has 0 amide bonds. The molecule has 0 aromatic heterocycles. The fourth-order valence-corrected chi connectivity index (χ4v) is 11.4. The molecule has 0 unspecified atom stereocenters. The smallest absolute Gasteiger partial charge is 0.305 e. The number of hydrogen-bond donors (Lipinski definition) is 2. The van der Waals surface area contributed by atoms with Crippen molar-refractivity contribution in [2.24, 2.45) is 11.8 Å². The van der Waals surface area contributed by atoms with Crippen LogP contribution >= 0.6 is 0 Å². The van der Waals surface area contributed by atoms with Crippen molar-refractivity contribution in [3.05, 3.63) is 72.8 Å². The molecule has 5 nitrogen and oxygen atoms in total. The lowest BCUT2D eigenvalue weighted by Crippen LogP contribution is -2.68. The molecule has 0 bridgehead atoms. The average molecular weight is 595 g/mol. The van der Waals surface area contributed by atoms with Crippen LogP contribution in [0.5, 0.6) is 0 Å². The molecular formula is C36H54O5Si. The van der Waals surface area contributed by atoms with Crippen molar-refractivity contribution in [1.82, 2.24) is 0 Å². The van der Waals surface area contributed by atoms with Gasteiger partial charge >= 0.3 is 5.97 Å². The van der Waals surface area contributed by atoms with E-state index < -0.39 is 20.5 Å². The van der Waals surface area contributed by atoms with Crippen molar-refractivity contribution >= 4 is 24.7 Å². The molecule has 1 saturated carbocycles. The predicted octanol–water partition coefficient (Wildman–Crippen LogP) is 6.55. The summed E-state index contributed by atoms with van der Waals surface area (Å²) in [5, 5.41) is 24.5. The fraction of sp³-hybridized carbons (Fsp3) is 0.583. The van der Waals surface area contributed by atoms with Crippen LogP contribution in [-0.4, -0.2) is 49.4 Å². The minimum Gasteiger partial charge on any atom is -0.466 e. The van der Waals surface area contributed by atoms with Crippen LogP contribution in [0.4, 0.5) is 0 Å². The second kappa shape index (κ2) is 16.6. The van der Waals surface area contributed by atoms with Crippen molar-refractivity contribution in [1.29, 1.82) is 0 Å². The monoisotopic (exact) mass is 594 g/mol. The predicted molar refractivity (Wildman–Crippen MR) is 174 cm³/mol. The molecular weight excluding hydrogens is 540 g/mol. The molecule has 2 aromatic rings. The van der Waals surface area contributed by atoms with Crippen LogP contribution in [0, 0.1) is 11.8 Å². The van der Waals surface area contributed by atoms with E-state index in [9.17, 15) is 15.0 Å². The zero-order valence-corrected chi connectivity index (χ0v) is 27.5. The van der Waals surface area contributed by atoms with Gasteiger partial charge in [-0.25, -0.2) is 0 Å². The van der Waals surface area contributed by atoms with Crippen molar-refractivity contribution in [3.63, 3.8) is 0 Å². The van der Waals surface area contributed by atoms with Gasteiger partial charge in [-0.05, 0) is 53.9 Å². The van der Waals surface area contributed by atoms with Crippen LogP contribution in [0.15, 0.2) is 72.8 Å². The zero-order valence-electron chi connectivity index (χ0n) is 26.5. The number of rotatable bonds is 16. The standard InChI is InChI=1S/C36H54O5Si/c1-6-8-11-18-28(37)25-26-32-31(23-16-17-24-35(39)40-7-2)33(38)27-34(32)41-42(36(3,4)5,29-19-12-9-13-20-29)30-21-14-10-15-22-30/h9-10,12-15,19-22,25-26,28,31-34,37-38H,6-8,11,16-18,23-24,27H2,1-5H3/b26-25+/t28-,31-,32+,33-,34+/m0/s1. The van der Waals surface area contributed by atoms with Gasteiger partial charge in [0, 0.05) is 12.3 Å². The Kier molecular flexibility index (Phi) is 13.5. The van der Waals surface area contributed by atoms with Gasteiger partial charge in [0.2, 0.25) is 0 Å². The molecule has 2 aromatic carbocycles. The average Bonchev–Trinajstić information content (AvgIpc) is 3.26. The van der Waals surface area contributed by atoms with Gasteiger partial charge in [-0.1, -0.05) is 126 Å². The summed E-state index contributed by atoms with van der Waals surface area (Å²) in [5.74, 6) is -0.205. The molecule has 5 atom stereocenters. The number of esters is 1. The Hall–Kier alpha value is -2.25. The highest BCUT2D eigenvalue weighted by molar-refractivity contribution is 6.99. The topological polar surface area (TPSA) is 76.0 Å². The third-order valence-corrected chi connectivity index (χ3v) is 13.8. The molecule has 232 valence electrons. The summed E-state index contributed by atoms with van der Waals surface area (Å²) < 4.78 is 12.6. The number of ether oxygens (including phenoxy) is 1. The Balaban J connectivity index is 1.95. The molecule has 0 saturated heterocycles. The minimum absolute atomic E-state index is 0.00509. The molecule has 1 aliphatic rings. The molecule has 2 N–H and O–H groups in total. The van der Waals surface area contributed by atoms with Gasteiger partial charge in [0.15, 0.2) is 0 Å². The van der Waals surface area contributed by atoms with E-state index in [1.54, 1.807) is 0 Å². The Morgan fingerprint density at radius 2 is 1.60 bits per heavy atom. The van der Waals surface area contributed by atoms with Crippen LogP contribution in [0.3, 0.4) is 0 Å². The maximum atomic E-state index is 11.9. The van der Waals surface area contributed by atoms with Crippen LogP contribution in [0.1, 0.15) is 92.4 Å². The number of benzene rings is 2. The molecule has 1 fully saturated rings. The summed E-state index contributed by atoms with van der Waals surface area (Å²) in [6.45, 7) is 11.2. The van der Waals surface area contributed by atoms with Crippen LogP contribution < -0.4 is 10.4 Å². The van der Waals surface area contributed by atoms with Gasteiger partial charge in [0.1, 0.15) is 0 Å². The SMILES string of the molecule is CCCCC[C@H](O)/C=C/[C@@H]1[C@H](CCCCC(=O)OCC)[C@@H](O)C[C@H]1O[Si](c1ccccc1)(c1ccccc1)C(C)(C)C.